The maximum Gasteiger partial charge on any atom is 0.0891 e. The van der Waals surface area contributed by atoms with Crippen molar-refractivity contribution in [3.8, 4) is 11.4 Å². The molecule has 0 bridgehead atoms. The molecular weight excluding hydrogens is 248 g/mol. The molecule has 1 aliphatic carbocycles. The molecule has 4 nitrogen and oxygen atoms in total. The number of para-hydroxylation sites is 1. The van der Waals surface area contributed by atoms with E-state index in [1.807, 2.05) is 31.2 Å². The van der Waals surface area contributed by atoms with Gasteiger partial charge >= 0.3 is 0 Å². The molecule has 1 fully saturated rings. The number of aromatic nitrogens is 3. The van der Waals surface area contributed by atoms with Gasteiger partial charge in [0.15, 0.2) is 0 Å². The highest BCUT2D eigenvalue weighted by Gasteiger charge is 2.41. The molecule has 1 aliphatic rings. The molecule has 3 aromatic rings. The van der Waals surface area contributed by atoms with E-state index in [1.165, 1.54) is 5.56 Å². The first kappa shape index (κ1) is 11.6. The fourth-order valence-corrected chi connectivity index (χ4v) is 2.68. The first-order valence-electron chi connectivity index (χ1n) is 6.87. The van der Waals surface area contributed by atoms with Crippen LogP contribution in [0, 0.1) is 6.92 Å². The van der Waals surface area contributed by atoms with Gasteiger partial charge in [0, 0.05) is 10.9 Å². The van der Waals surface area contributed by atoms with Gasteiger partial charge in [-0.25, -0.2) is 4.98 Å². The number of H-pyrrole nitrogens is 1. The zero-order valence-corrected chi connectivity index (χ0v) is 11.4. The number of hydrogen-bond acceptors (Lipinski definition) is 3. The van der Waals surface area contributed by atoms with E-state index in [0.29, 0.717) is 0 Å². The minimum absolute atomic E-state index is 0.174. The molecule has 2 aromatic heterocycles. The Hall–Kier alpha value is -2.20. The lowest BCUT2D eigenvalue weighted by Crippen LogP contribution is -2.19. The highest BCUT2D eigenvalue weighted by molar-refractivity contribution is 5.86. The van der Waals surface area contributed by atoms with E-state index in [-0.39, 0.29) is 5.54 Å². The van der Waals surface area contributed by atoms with Crippen LogP contribution in [0.4, 0.5) is 0 Å². The second kappa shape index (κ2) is 3.90. The molecule has 4 rings (SSSR count). The Morgan fingerprint density at radius 2 is 2.00 bits per heavy atom. The maximum atomic E-state index is 6.43. The molecule has 0 spiro atoms. The van der Waals surface area contributed by atoms with E-state index >= 15 is 0 Å². The highest BCUT2D eigenvalue weighted by atomic mass is 15.1. The van der Waals surface area contributed by atoms with Crippen LogP contribution in [-0.4, -0.2) is 15.2 Å². The molecule has 0 unspecified atom stereocenters. The van der Waals surface area contributed by atoms with E-state index in [1.54, 1.807) is 0 Å². The normalized spacial score (nSPS) is 16.5. The minimum Gasteiger partial charge on any atom is -0.321 e. The van der Waals surface area contributed by atoms with Crippen LogP contribution < -0.4 is 5.73 Å². The fourth-order valence-electron chi connectivity index (χ4n) is 2.68. The Morgan fingerprint density at radius 3 is 2.70 bits per heavy atom. The SMILES string of the molecule is Cc1cc(-c2cc(C3(N)CC3)c3ccccc3n2)[nH]n1. The molecule has 0 aliphatic heterocycles. The number of aryl methyl sites for hydroxylation is 1. The zero-order valence-electron chi connectivity index (χ0n) is 11.4. The van der Waals surface area contributed by atoms with Crippen LogP contribution in [0.15, 0.2) is 36.4 Å². The van der Waals surface area contributed by atoms with Gasteiger partial charge < -0.3 is 5.73 Å². The number of pyridine rings is 1. The predicted octanol–water partition coefficient (Wildman–Crippen LogP) is 2.88. The van der Waals surface area contributed by atoms with Crippen LogP contribution in [0.2, 0.25) is 0 Å². The molecule has 20 heavy (non-hydrogen) atoms. The third-order valence-electron chi connectivity index (χ3n) is 4.02. The monoisotopic (exact) mass is 264 g/mol. The first-order chi connectivity index (χ1) is 9.66. The molecule has 3 N–H and O–H groups in total. The average Bonchev–Trinajstić information content (AvgIpc) is 3.06. The molecule has 0 atom stereocenters. The van der Waals surface area contributed by atoms with Gasteiger partial charge in [-0.05, 0) is 43.5 Å². The summed E-state index contributed by atoms with van der Waals surface area (Å²) in [4.78, 5) is 4.73. The van der Waals surface area contributed by atoms with Crippen molar-refractivity contribution >= 4 is 10.9 Å². The number of aromatic amines is 1. The Kier molecular flexibility index (Phi) is 2.26. The summed E-state index contributed by atoms with van der Waals surface area (Å²) in [6.45, 7) is 1.97. The first-order valence-corrected chi connectivity index (χ1v) is 6.87. The van der Waals surface area contributed by atoms with Gasteiger partial charge in [0.1, 0.15) is 0 Å². The maximum absolute atomic E-state index is 6.43. The average molecular weight is 264 g/mol. The lowest BCUT2D eigenvalue weighted by molar-refractivity contribution is 0.747. The summed E-state index contributed by atoms with van der Waals surface area (Å²) in [6.07, 6.45) is 2.09. The number of rotatable bonds is 2. The van der Waals surface area contributed by atoms with Crippen LogP contribution in [0.25, 0.3) is 22.3 Å². The van der Waals surface area contributed by atoms with Crippen molar-refractivity contribution in [2.24, 2.45) is 5.73 Å². The third kappa shape index (κ3) is 1.72. The molecule has 1 aromatic carbocycles. The van der Waals surface area contributed by atoms with Gasteiger partial charge in [-0.2, -0.15) is 5.10 Å². The number of nitrogens with zero attached hydrogens (tertiary/aromatic N) is 2. The molecule has 4 heteroatoms. The molecule has 0 amide bonds. The van der Waals surface area contributed by atoms with Gasteiger partial charge in [0.05, 0.1) is 22.6 Å². The fraction of sp³-hybridized carbons (Fsp3) is 0.250. The van der Waals surface area contributed by atoms with E-state index < -0.39 is 0 Å². The lowest BCUT2D eigenvalue weighted by atomic mass is 9.99. The van der Waals surface area contributed by atoms with Gasteiger partial charge in [-0.3, -0.25) is 5.10 Å². The number of nitrogens with two attached hydrogens (primary N) is 1. The highest BCUT2D eigenvalue weighted by Crippen LogP contribution is 2.45. The van der Waals surface area contributed by atoms with Crippen molar-refractivity contribution < 1.29 is 0 Å². The third-order valence-corrected chi connectivity index (χ3v) is 4.02. The van der Waals surface area contributed by atoms with Crippen molar-refractivity contribution in [3.05, 3.63) is 47.7 Å². The van der Waals surface area contributed by atoms with Gasteiger partial charge in [-0.1, -0.05) is 18.2 Å². The van der Waals surface area contributed by atoms with Crippen molar-refractivity contribution in [1.82, 2.24) is 15.2 Å². The summed E-state index contributed by atoms with van der Waals surface area (Å²) >= 11 is 0. The van der Waals surface area contributed by atoms with Crippen molar-refractivity contribution in [2.45, 2.75) is 25.3 Å². The topological polar surface area (TPSA) is 67.6 Å². The Labute approximate surface area is 117 Å². The Balaban J connectivity index is 1.99. The Morgan fingerprint density at radius 1 is 1.20 bits per heavy atom. The molecular formula is C16H16N4. The van der Waals surface area contributed by atoms with Crippen molar-refractivity contribution in [3.63, 3.8) is 0 Å². The lowest BCUT2D eigenvalue weighted by Gasteiger charge is -2.14. The molecule has 2 heterocycles. The summed E-state index contributed by atoms with van der Waals surface area (Å²) < 4.78 is 0. The van der Waals surface area contributed by atoms with Crippen LogP contribution in [-0.2, 0) is 5.54 Å². The van der Waals surface area contributed by atoms with E-state index in [2.05, 4.69) is 22.3 Å². The molecule has 0 saturated heterocycles. The summed E-state index contributed by atoms with van der Waals surface area (Å²) in [7, 11) is 0. The molecule has 100 valence electrons. The van der Waals surface area contributed by atoms with Crippen molar-refractivity contribution in [2.75, 3.05) is 0 Å². The van der Waals surface area contributed by atoms with Crippen LogP contribution in [0.1, 0.15) is 24.1 Å². The van der Waals surface area contributed by atoms with E-state index in [9.17, 15) is 0 Å². The summed E-state index contributed by atoms with van der Waals surface area (Å²) in [5, 5.41) is 8.38. The van der Waals surface area contributed by atoms with Crippen molar-refractivity contribution in [1.29, 1.82) is 0 Å². The number of nitrogens with one attached hydrogen (secondary N) is 1. The van der Waals surface area contributed by atoms with Crippen LogP contribution in [0.3, 0.4) is 0 Å². The van der Waals surface area contributed by atoms with Crippen LogP contribution in [0.5, 0.6) is 0 Å². The summed E-state index contributed by atoms with van der Waals surface area (Å²) in [6, 6.07) is 12.3. The molecule has 1 saturated carbocycles. The standard InChI is InChI=1S/C16H16N4/c1-10-8-15(20-19-10)14-9-12(16(17)6-7-16)11-4-2-3-5-13(11)18-14/h2-5,8-9H,6-7,17H2,1H3,(H,19,20). The smallest absolute Gasteiger partial charge is 0.0891 e. The van der Waals surface area contributed by atoms with Gasteiger partial charge in [0.2, 0.25) is 0 Å². The quantitative estimate of drug-likeness (QED) is 0.748. The largest absolute Gasteiger partial charge is 0.321 e. The number of benzene rings is 1. The second-order valence-corrected chi connectivity index (χ2v) is 5.65. The molecule has 0 radical (unpaired) electrons. The number of hydrogen-bond donors (Lipinski definition) is 2. The Bertz CT molecular complexity index is 799. The second-order valence-electron chi connectivity index (χ2n) is 5.65. The summed E-state index contributed by atoms with van der Waals surface area (Å²) in [5.74, 6) is 0. The zero-order chi connectivity index (χ0) is 13.7. The van der Waals surface area contributed by atoms with Gasteiger partial charge in [-0.15, -0.1) is 0 Å². The van der Waals surface area contributed by atoms with Gasteiger partial charge in [0.25, 0.3) is 0 Å². The summed E-state index contributed by atoms with van der Waals surface area (Å²) in [5.41, 5.74) is 11.3. The predicted molar refractivity (Wildman–Crippen MR) is 79.2 cm³/mol. The van der Waals surface area contributed by atoms with E-state index in [4.69, 9.17) is 10.7 Å². The van der Waals surface area contributed by atoms with Crippen LogP contribution >= 0.6 is 0 Å². The number of fused-ring (bicyclic) bond motifs is 1. The van der Waals surface area contributed by atoms with E-state index in [0.717, 1.165) is 40.8 Å². The minimum atomic E-state index is -0.174.